The molecule has 0 unspecified atom stereocenters. The summed E-state index contributed by atoms with van der Waals surface area (Å²) in [6.45, 7) is 2.85. The average molecular weight is 464 g/mol. The van der Waals surface area contributed by atoms with Crippen LogP contribution in [0.4, 0.5) is 0 Å². The lowest BCUT2D eigenvalue weighted by molar-refractivity contribution is -0.169. The summed E-state index contributed by atoms with van der Waals surface area (Å²) >= 11 is 0. The number of likely N-dealkylation sites (tertiary alicyclic amines) is 1. The van der Waals surface area contributed by atoms with E-state index in [0.717, 1.165) is 38.7 Å². The number of ether oxygens (including phenoxy) is 1. The summed E-state index contributed by atoms with van der Waals surface area (Å²) in [5.74, 6) is -0.259. The summed E-state index contributed by atoms with van der Waals surface area (Å²) in [5.41, 5.74) is 3.80. The molecular formula is C27H33N3O4. The van der Waals surface area contributed by atoms with Crippen molar-refractivity contribution in [2.75, 3.05) is 32.8 Å². The number of aliphatic hydroxyl groups excluding tert-OH is 1. The van der Waals surface area contributed by atoms with Crippen LogP contribution in [0, 0.1) is 0 Å². The van der Waals surface area contributed by atoms with Crippen molar-refractivity contribution in [2.45, 2.75) is 49.9 Å². The number of aliphatic hydroxyl groups is 1. The van der Waals surface area contributed by atoms with E-state index in [4.69, 9.17) is 4.74 Å². The van der Waals surface area contributed by atoms with Gasteiger partial charge in [-0.25, -0.2) is 0 Å². The van der Waals surface area contributed by atoms with Crippen LogP contribution >= 0.6 is 0 Å². The molecule has 2 saturated heterocycles. The Bertz CT molecular complexity index is 999. The summed E-state index contributed by atoms with van der Waals surface area (Å²) in [7, 11) is 0. The van der Waals surface area contributed by atoms with E-state index in [1.54, 1.807) is 24.3 Å². The maximum Gasteiger partial charge on any atom is 0.253 e. The molecule has 0 aromatic heterocycles. The standard InChI is InChI=1S/C27H33N3O4/c31-24(17-28-23-15-21-3-1-2-4-22(21)16-23)18-29-25(32)19-5-7-20(8-6-19)26(33)30-12-9-27(10-13-30)11-14-34-27/h1-8,23-24,28,31H,9-18H2,(H,29,32)/t24-/m0/s1. The van der Waals surface area contributed by atoms with Gasteiger partial charge in [0, 0.05) is 43.3 Å². The van der Waals surface area contributed by atoms with Gasteiger partial charge in [0.1, 0.15) is 0 Å². The van der Waals surface area contributed by atoms with E-state index in [-0.39, 0.29) is 24.0 Å². The summed E-state index contributed by atoms with van der Waals surface area (Å²) in [4.78, 5) is 27.2. The van der Waals surface area contributed by atoms with Crippen LogP contribution in [0.5, 0.6) is 0 Å². The number of nitrogens with one attached hydrogen (secondary N) is 2. The fourth-order valence-corrected chi connectivity index (χ4v) is 5.24. The largest absolute Gasteiger partial charge is 0.390 e. The van der Waals surface area contributed by atoms with Crippen LogP contribution in [-0.4, -0.2) is 72.4 Å². The Morgan fingerprint density at radius 3 is 2.18 bits per heavy atom. The van der Waals surface area contributed by atoms with E-state index >= 15 is 0 Å². The molecule has 3 aliphatic rings. The van der Waals surface area contributed by atoms with E-state index < -0.39 is 6.10 Å². The Hall–Kier alpha value is -2.74. The lowest BCUT2D eigenvalue weighted by atomic mass is 9.84. The average Bonchev–Trinajstić information content (AvgIpc) is 3.28. The number of carbonyl (C=O) groups excluding carboxylic acids is 2. The molecule has 2 aromatic carbocycles. The summed E-state index contributed by atoms with van der Waals surface area (Å²) in [5, 5.41) is 16.5. The minimum atomic E-state index is -0.671. The summed E-state index contributed by atoms with van der Waals surface area (Å²) < 4.78 is 5.72. The molecule has 3 N–H and O–H groups in total. The minimum absolute atomic E-state index is 0.00306. The van der Waals surface area contributed by atoms with Gasteiger partial charge in [-0.2, -0.15) is 0 Å². The van der Waals surface area contributed by atoms with E-state index in [1.165, 1.54) is 11.1 Å². The second-order valence-corrected chi connectivity index (χ2v) is 9.80. The Morgan fingerprint density at radius 2 is 1.59 bits per heavy atom. The number of benzene rings is 2. The number of nitrogens with zero attached hydrogens (tertiary/aromatic N) is 1. The first kappa shape index (κ1) is 23.0. The molecule has 0 bridgehead atoms. The minimum Gasteiger partial charge on any atom is -0.390 e. The molecule has 2 amide bonds. The van der Waals surface area contributed by atoms with E-state index in [0.29, 0.717) is 36.8 Å². The van der Waals surface area contributed by atoms with Crippen LogP contribution in [-0.2, 0) is 17.6 Å². The molecule has 2 aromatic rings. The number of rotatable bonds is 7. The topological polar surface area (TPSA) is 90.9 Å². The molecule has 2 aliphatic heterocycles. The van der Waals surface area contributed by atoms with Gasteiger partial charge in [0.15, 0.2) is 0 Å². The highest BCUT2D eigenvalue weighted by Gasteiger charge is 2.42. The molecule has 0 radical (unpaired) electrons. The lowest BCUT2D eigenvalue weighted by Gasteiger charge is -2.47. The van der Waals surface area contributed by atoms with Crippen LogP contribution in [0.25, 0.3) is 0 Å². The van der Waals surface area contributed by atoms with Gasteiger partial charge in [0.05, 0.1) is 18.3 Å². The fraction of sp³-hybridized carbons (Fsp3) is 0.481. The van der Waals surface area contributed by atoms with Gasteiger partial charge in [-0.05, 0) is 67.5 Å². The quantitative estimate of drug-likeness (QED) is 0.584. The van der Waals surface area contributed by atoms with Crippen LogP contribution in [0.15, 0.2) is 48.5 Å². The molecule has 180 valence electrons. The molecule has 0 saturated carbocycles. The third kappa shape index (κ3) is 5.02. The van der Waals surface area contributed by atoms with Crippen molar-refractivity contribution in [3.05, 3.63) is 70.8 Å². The number of piperidine rings is 1. The van der Waals surface area contributed by atoms with Gasteiger partial charge in [-0.15, -0.1) is 0 Å². The van der Waals surface area contributed by atoms with Crippen molar-refractivity contribution >= 4 is 11.8 Å². The highest BCUT2D eigenvalue weighted by atomic mass is 16.5. The SMILES string of the molecule is O=C(NC[C@@H](O)CNC1Cc2ccccc2C1)c1ccc(C(=O)N2CCC3(CCO3)CC2)cc1. The molecule has 7 nitrogen and oxygen atoms in total. The number of hydrogen-bond acceptors (Lipinski definition) is 5. The van der Waals surface area contributed by atoms with Gasteiger partial charge in [-0.3, -0.25) is 9.59 Å². The van der Waals surface area contributed by atoms with Gasteiger partial charge < -0.3 is 25.4 Å². The zero-order valence-electron chi connectivity index (χ0n) is 19.5. The van der Waals surface area contributed by atoms with Gasteiger partial charge in [-0.1, -0.05) is 24.3 Å². The maximum absolute atomic E-state index is 12.8. The molecule has 2 heterocycles. The highest BCUT2D eigenvalue weighted by molar-refractivity contribution is 5.97. The van der Waals surface area contributed by atoms with Crippen molar-refractivity contribution in [3.8, 4) is 0 Å². The zero-order chi connectivity index (χ0) is 23.5. The van der Waals surface area contributed by atoms with Gasteiger partial charge in [0.25, 0.3) is 11.8 Å². The van der Waals surface area contributed by atoms with Crippen molar-refractivity contribution in [1.82, 2.24) is 15.5 Å². The van der Waals surface area contributed by atoms with E-state index in [1.807, 2.05) is 4.90 Å². The molecule has 1 atom stereocenters. The van der Waals surface area contributed by atoms with Gasteiger partial charge >= 0.3 is 0 Å². The molecule has 2 fully saturated rings. The Kier molecular flexibility index (Phi) is 6.68. The number of amides is 2. The van der Waals surface area contributed by atoms with Crippen molar-refractivity contribution in [2.24, 2.45) is 0 Å². The van der Waals surface area contributed by atoms with Crippen molar-refractivity contribution in [1.29, 1.82) is 0 Å². The normalized spacial score (nSPS) is 20.0. The molecule has 1 aliphatic carbocycles. The molecule has 1 spiro atoms. The monoisotopic (exact) mass is 463 g/mol. The zero-order valence-corrected chi connectivity index (χ0v) is 19.5. The van der Waals surface area contributed by atoms with Crippen LogP contribution in [0.3, 0.4) is 0 Å². The Labute approximate surface area is 200 Å². The third-order valence-corrected chi connectivity index (χ3v) is 7.51. The Morgan fingerprint density at radius 1 is 0.971 bits per heavy atom. The first-order chi connectivity index (χ1) is 16.5. The number of fused-ring (bicyclic) bond motifs is 1. The molecule has 5 rings (SSSR count). The lowest BCUT2D eigenvalue weighted by Crippen LogP contribution is -2.53. The van der Waals surface area contributed by atoms with E-state index in [9.17, 15) is 14.7 Å². The molecule has 7 heteroatoms. The number of carbonyl (C=O) groups is 2. The van der Waals surface area contributed by atoms with Crippen LogP contribution in [0.2, 0.25) is 0 Å². The summed E-state index contributed by atoms with van der Waals surface area (Å²) in [6.07, 6.45) is 4.14. The first-order valence-electron chi connectivity index (χ1n) is 12.3. The second kappa shape index (κ2) is 9.86. The van der Waals surface area contributed by atoms with E-state index in [2.05, 4.69) is 34.9 Å². The van der Waals surface area contributed by atoms with Gasteiger partial charge in [0.2, 0.25) is 0 Å². The predicted octanol–water partition coefficient (Wildman–Crippen LogP) is 1.93. The maximum atomic E-state index is 12.8. The molecule has 34 heavy (non-hydrogen) atoms. The van der Waals surface area contributed by atoms with Crippen molar-refractivity contribution < 1.29 is 19.4 Å². The predicted molar refractivity (Wildman–Crippen MR) is 129 cm³/mol. The van der Waals surface area contributed by atoms with Crippen molar-refractivity contribution in [3.63, 3.8) is 0 Å². The van der Waals surface area contributed by atoms with Crippen LogP contribution < -0.4 is 10.6 Å². The summed E-state index contributed by atoms with van der Waals surface area (Å²) in [6, 6.07) is 15.5. The third-order valence-electron chi connectivity index (χ3n) is 7.51. The smallest absolute Gasteiger partial charge is 0.253 e. The second-order valence-electron chi connectivity index (χ2n) is 9.80. The molecular weight excluding hydrogens is 430 g/mol. The number of hydrogen-bond donors (Lipinski definition) is 3. The fourth-order valence-electron chi connectivity index (χ4n) is 5.24. The van der Waals surface area contributed by atoms with Crippen LogP contribution in [0.1, 0.15) is 51.1 Å². The highest BCUT2D eigenvalue weighted by Crippen LogP contribution is 2.36. The Balaban J connectivity index is 1.04. The first-order valence-corrected chi connectivity index (χ1v) is 12.3.